The van der Waals surface area contributed by atoms with Crippen molar-refractivity contribution in [2.75, 3.05) is 38.2 Å². The van der Waals surface area contributed by atoms with E-state index >= 15 is 0 Å². The monoisotopic (exact) mass is 387 g/mol. The fourth-order valence-corrected chi connectivity index (χ4v) is 3.01. The van der Waals surface area contributed by atoms with E-state index in [1.165, 1.54) is 0 Å². The first kappa shape index (κ1) is 20.3. The molecule has 8 nitrogen and oxygen atoms in total. The smallest absolute Gasteiger partial charge is 0.319 e. The highest BCUT2D eigenvalue weighted by atomic mass is 16.5. The van der Waals surface area contributed by atoms with E-state index in [1.54, 1.807) is 20.0 Å². The van der Waals surface area contributed by atoms with Gasteiger partial charge in [0, 0.05) is 32.4 Å². The summed E-state index contributed by atoms with van der Waals surface area (Å²) >= 11 is 0. The topological polar surface area (TPSA) is 91.7 Å². The highest BCUT2D eigenvalue weighted by Gasteiger charge is 2.15. The number of carbonyl (C=O) groups is 1. The van der Waals surface area contributed by atoms with E-state index in [0.29, 0.717) is 12.2 Å². The van der Waals surface area contributed by atoms with E-state index in [0.717, 1.165) is 50.5 Å². The molecule has 2 heterocycles. The lowest BCUT2D eigenvalue weighted by molar-refractivity contribution is 0.0360. The summed E-state index contributed by atoms with van der Waals surface area (Å²) in [5, 5.41) is 19.9. The van der Waals surface area contributed by atoms with Gasteiger partial charge in [-0.15, -0.1) is 0 Å². The second-order valence-electron chi connectivity index (χ2n) is 7.51. The third kappa shape index (κ3) is 6.05. The molecule has 0 bridgehead atoms. The van der Waals surface area contributed by atoms with Gasteiger partial charge in [-0.05, 0) is 25.0 Å². The molecule has 3 rings (SSSR count). The molecule has 0 unspecified atom stereocenters. The number of morpholine rings is 1. The first-order valence-electron chi connectivity index (χ1n) is 9.59. The minimum absolute atomic E-state index is 0.278. The zero-order chi connectivity index (χ0) is 20.0. The van der Waals surface area contributed by atoms with E-state index in [-0.39, 0.29) is 6.03 Å². The number of rotatable bonds is 7. The van der Waals surface area contributed by atoms with Crippen molar-refractivity contribution in [2.45, 2.75) is 32.5 Å². The molecule has 2 amide bonds. The van der Waals surface area contributed by atoms with Gasteiger partial charge in [0.2, 0.25) is 0 Å². The van der Waals surface area contributed by atoms with Crippen molar-refractivity contribution in [3.05, 3.63) is 47.8 Å². The Kier molecular flexibility index (Phi) is 6.66. The van der Waals surface area contributed by atoms with Crippen molar-refractivity contribution < 1.29 is 14.6 Å². The van der Waals surface area contributed by atoms with Crippen LogP contribution >= 0.6 is 0 Å². The molecule has 0 atom stereocenters. The summed E-state index contributed by atoms with van der Waals surface area (Å²) in [6.07, 6.45) is 3.48. The third-order valence-corrected chi connectivity index (χ3v) is 4.75. The number of ether oxygens (including phenoxy) is 1. The lowest BCUT2D eigenvalue weighted by Crippen LogP contribution is -2.38. The van der Waals surface area contributed by atoms with E-state index in [4.69, 9.17) is 4.74 Å². The van der Waals surface area contributed by atoms with E-state index in [1.807, 2.05) is 35.1 Å². The molecule has 3 N–H and O–H groups in total. The summed E-state index contributed by atoms with van der Waals surface area (Å²) in [4.78, 5) is 14.4. The zero-order valence-corrected chi connectivity index (χ0v) is 16.5. The fourth-order valence-electron chi connectivity index (χ4n) is 3.01. The Hall–Kier alpha value is -2.42. The molecule has 1 saturated heterocycles. The number of benzene rings is 1. The molecule has 28 heavy (non-hydrogen) atoms. The molecule has 1 fully saturated rings. The lowest BCUT2D eigenvalue weighted by atomic mass is 9.97. The van der Waals surface area contributed by atoms with Gasteiger partial charge in [-0.1, -0.05) is 24.3 Å². The second kappa shape index (κ2) is 9.18. The van der Waals surface area contributed by atoms with Gasteiger partial charge >= 0.3 is 6.03 Å². The van der Waals surface area contributed by atoms with Crippen molar-refractivity contribution >= 4 is 11.7 Å². The van der Waals surface area contributed by atoms with Crippen LogP contribution in [0.25, 0.3) is 0 Å². The molecule has 1 aliphatic rings. The van der Waals surface area contributed by atoms with Crippen LogP contribution in [0, 0.1) is 0 Å². The minimum Gasteiger partial charge on any atom is -0.386 e. The molecule has 0 saturated carbocycles. The SMILES string of the molecule is CC(C)(O)c1ccc(CNC(=O)Nc2cnn(CCN3CCOCC3)c2)cc1. The summed E-state index contributed by atoms with van der Waals surface area (Å²) < 4.78 is 7.18. The Morgan fingerprint density at radius 1 is 1.21 bits per heavy atom. The maximum absolute atomic E-state index is 12.1. The molecule has 152 valence electrons. The van der Waals surface area contributed by atoms with Crippen LogP contribution in [0.2, 0.25) is 0 Å². The summed E-state index contributed by atoms with van der Waals surface area (Å²) in [6, 6.07) is 7.26. The number of aliphatic hydroxyl groups is 1. The summed E-state index contributed by atoms with van der Waals surface area (Å²) in [7, 11) is 0. The van der Waals surface area contributed by atoms with Gasteiger partial charge in [0.05, 0.1) is 37.2 Å². The first-order chi connectivity index (χ1) is 13.4. The number of amides is 2. The Labute approximate surface area is 165 Å². The molecule has 2 aromatic rings. The molecule has 8 heteroatoms. The molecular weight excluding hydrogens is 358 g/mol. The molecule has 1 aromatic heterocycles. The van der Waals surface area contributed by atoms with Crippen molar-refractivity contribution in [3.63, 3.8) is 0 Å². The Morgan fingerprint density at radius 2 is 1.93 bits per heavy atom. The second-order valence-corrected chi connectivity index (χ2v) is 7.51. The largest absolute Gasteiger partial charge is 0.386 e. The Morgan fingerprint density at radius 3 is 2.61 bits per heavy atom. The number of urea groups is 1. The normalized spacial score (nSPS) is 15.4. The van der Waals surface area contributed by atoms with Crippen LogP contribution < -0.4 is 10.6 Å². The maximum atomic E-state index is 12.1. The number of nitrogens with zero attached hydrogens (tertiary/aromatic N) is 3. The number of carbonyl (C=O) groups excluding carboxylic acids is 1. The quantitative estimate of drug-likeness (QED) is 0.673. The van der Waals surface area contributed by atoms with Crippen LogP contribution in [0.4, 0.5) is 10.5 Å². The Bertz CT molecular complexity index is 761. The molecule has 0 aliphatic carbocycles. The van der Waals surface area contributed by atoms with E-state index < -0.39 is 5.60 Å². The predicted octanol–water partition coefficient (Wildman–Crippen LogP) is 1.76. The molecule has 1 aromatic carbocycles. The number of nitrogens with one attached hydrogen (secondary N) is 2. The van der Waals surface area contributed by atoms with Gasteiger partial charge in [0.15, 0.2) is 0 Å². The van der Waals surface area contributed by atoms with Crippen molar-refractivity contribution in [1.82, 2.24) is 20.0 Å². The van der Waals surface area contributed by atoms with Gasteiger partial charge in [-0.25, -0.2) is 4.79 Å². The standard InChI is InChI=1S/C20H29N5O3/c1-20(2,27)17-5-3-16(4-6-17)13-21-19(26)23-18-14-22-25(15-18)8-7-24-9-11-28-12-10-24/h3-6,14-15,27H,7-13H2,1-2H3,(H2,21,23,26). The molecule has 0 radical (unpaired) electrons. The van der Waals surface area contributed by atoms with Gasteiger partial charge in [-0.3, -0.25) is 9.58 Å². The van der Waals surface area contributed by atoms with Crippen LogP contribution in [0.1, 0.15) is 25.0 Å². The maximum Gasteiger partial charge on any atom is 0.319 e. The van der Waals surface area contributed by atoms with Crippen molar-refractivity contribution in [2.24, 2.45) is 0 Å². The average Bonchev–Trinajstić information content (AvgIpc) is 3.12. The minimum atomic E-state index is -0.870. The zero-order valence-electron chi connectivity index (χ0n) is 16.5. The van der Waals surface area contributed by atoms with Gasteiger partial charge in [0.1, 0.15) is 0 Å². The third-order valence-electron chi connectivity index (χ3n) is 4.75. The summed E-state index contributed by atoms with van der Waals surface area (Å²) in [5.74, 6) is 0. The first-order valence-corrected chi connectivity index (χ1v) is 9.59. The van der Waals surface area contributed by atoms with Crippen LogP contribution in [0.5, 0.6) is 0 Å². The number of hydrogen-bond acceptors (Lipinski definition) is 5. The molecule has 1 aliphatic heterocycles. The highest BCUT2D eigenvalue weighted by Crippen LogP contribution is 2.19. The fraction of sp³-hybridized carbons (Fsp3) is 0.500. The van der Waals surface area contributed by atoms with Gasteiger partial charge in [0.25, 0.3) is 0 Å². The van der Waals surface area contributed by atoms with Crippen LogP contribution in [-0.4, -0.2) is 58.7 Å². The van der Waals surface area contributed by atoms with Gasteiger partial charge < -0.3 is 20.5 Å². The van der Waals surface area contributed by atoms with Crippen LogP contribution in [0.3, 0.4) is 0 Å². The summed E-state index contributed by atoms with van der Waals surface area (Å²) in [6.45, 7) is 9.05. The van der Waals surface area contributed by atoms with Crippen LogP contribution in [0.15, 0.2) is 36.7 Å². The number of anilines is 1. The lowest BCUT2D eigenvalue weighted by Gasteiger charge is -2.26. The highest BCUT2D eigenvalue weighted by molar-refractivity contribution is 5.88. The number of aromatic nitrogens is 2. The average molecular weight is 387 g/mol. The van der Waals surface area contributed by atoms with Crippen molar-refractivity contribution in [1.29, 1.82) is 0 Å². The van der Waals surface area contributed by atoms with Crippen molar-refractivity contribution in [3.8, 4) is 0 Å². The predicted molar refractivity (Wildman–Crippen MR) is 107 cm³/mol. The van der Waals surface area contributed by atoms with E-state index in [9.17, 15) is 9.90 Å². The van der Waals surface area contributed by atoms with Crippen LogP contribution in [-0.2, 0) is 23.4 Å². The van der Waals surface area contributed by atoms with E-state index in [2.05, 4.69) is 20.6 Å². The van der Waals surface area contributed by atoms with Gasteiger partial charge in [-0.2, -0.15) is 5.10 Å². The molecular formula is C20H29N5O3. The Balaban J connectivity index is 1.41. The number of hydrogen-bond donors (Lipinski definition) is 3. The molecule has 0 spiro atoms. The summed E-state index contributed by atoms with van der Waals surface area (Å²) in [5.41, 5.74) is 1.59.